The number of halogens is 1. The Kier molecular flexibility index (Phi) is 5.45. The molecule has 1 aromatic carbocycles. The van der Waals surface area contributed by atoms with E-state index in [1.807, 2.05) is 6.92 Å². The van der Waals surface area contributed by atoms with Gasteiger partial charge in [-0.25, -0.2) is 0 Å². The first kappa shape index (κ1) is 16.1. The molecule has 1 aliphatic rings. The molecule has 0 radical (unpaired) electrons. The largest absolute Gasteiger partial charge is 0.397 e. The fourth-order valence-corrected chi connectivity index (χ4v) is 2.87. The van der Waals surface area contributed by atoms with E-state index in [1.54, 1.807) is 18.2 Å². The molecule has 1 aromatic rings. The van der Waals surface area contributed by atoms with Crippen LogP contribution in [0.4, 0.5) is 11.4 Å². The maximum atomic E-state index is 12.4. The predicted octanol–water partition coefficient (Wildman–Crippen LogP) is 2.10. The highest BCUT2D eigenvalue weighted by Crippen LogP contribution is 2.24. The van der Waals surface area contributed by atoms with E-state index in [4.69, 9.17) is 17.3 Å². The van der Waals surface area contributed by atoms with E-state index in [0.29, 0.717) is 16.4 Å². The Bertz CT molecular complexity index is 510. The zero-order chi connectivity index (χ0) is 15.4. The number of hydrogen-bond acceptors (Lipinski definition) is 4. The summed E-state index contributed by atoms with van der Waals surface area (Å²) in [5, 5.41) is 12.8. The van der Waals surface area contributed by atoms with Crippen LogP contribution in [-0.4, -0.2) is 41.1 Å². The molecule has 1 heterocycles. The van der Waals surface area contributed by atoms with Gasteiger partial charge in [0.25, 0.3) is 0 Å². The maximum Gasteiger partial charge on any atom is 0.241 e. The highest BCUT2D eigenvalue weighted by atomic mass is 35.5. The van der Waals surface area contributed by atoms with Crippen molar-refractivity contribution < 1.29 is 9.90 Å². The van der Waals surface area contributed by atoms with Crippen LogP contribution < -0.4 is 11.1 Å². The smallest absolute Gasteiger partial charge is 0.241 e. The van der Waals surface area contributed by atoms with Gasteiger partial charge in [0.05, 0.1) is 23.4 Å². The minimum Gasteiger partial charge on any atom is -0.397 e. The Morgan fingerprint density at radius 2 is 2.33 bits per heavy atom. The first-order valence-electron chi connectivity index (χ1n) is 7.25. The quantitative estimate of drug-likeness (QED) is 0.744. The summed E-state index contributed by atoms with van der Waals surface area (Å²) in [6, 6.07) is 4.80. The van der Waals surface area contributed by atoms with Crippen LogP contribution in [0.1, 0.15) is 26.2 Å². The Labute approximate surface area is 130 Å². The fraction of sp³-hybridized carbons (Fsp3) is 0.533. The number of benzene rings is 1. The molecule has 2 unspecified atom stereocenters. The minimum atomic E-state index is -0.292. The minimum absolute atomic E-state index is 0.0646. The number of nitrogen functional groups attached to an aromatic ring is 1. The average Bonchev–Trinajstić information content (AvgIpc) is 2.50. The molecule has 2 rings (SSSR count). The predicted molar refractivity (Wildman–Crippen MR) is 85.4 cm³/mol. The molecule has 1 saturated heterocycles. The second-order valence-electron chi connectivity index (χ2n) is 5.47. The van der Waals surface area contributed by atoms with Crippen LogP contribution in [-0.2, 0) is 4.79 Å². The lowest BCUT2D eigenvalue weighted by Crippen LogP contribution is -2.51. The van der Waals surface area contributed by atoms with E-state index < -0.39 is 0 Å². The van der Waals surface area contributed by atoms with E-state index >= 15 is 0 Å². The monoisotopic (exact) mass is 311 g/mol. The van der Waals surface area contributed by atoms with Gasteiger partial charge in [-0.2, -0.15) is 0 Å². The number of likely N-dealkylation sites (tertiary alicyclic amines) is 1. The van der Waals surface area contributed by atoms with E-state index in [9.17, 15) is 9.90 Å². The second kappa shape index (κ2) is 7.11. The molecule has 0 aliphatic carbocycles. The molecule has 116 valence electrons. The molecule has 2 atom stereocenters. The lowest BCUT2D eigenvalue weighted by atomic mass is 10.0. The van der Waals surface area contributed by atoms with Crippen LogP contribution in [0.5, 0.6) is 0 Å². The van der Waals surface area contributed by atoms with Crippen LogP contribution in [0, 0.1) is 0 Å². The number of nitrogens with two attached hydrogens (primary N) is 1. The molecule has 1 fully saturated rings. The van der Waals surface area contributed by atoms with Gasteiger partial charge in [-0.1, -0.05) is 18.0 Å². The zero-order valence-electron chi connectivity index (χ0n) is 12.2. The number of hydrogen-bond donors (Lipinski definition) is 3. The summed E-state index contributed by atoms with van der Waals surface area (Å²) in [7, 11) is 0. The van der Waals surface area contributed by atoms with Crippen LogP contribution >= 0.6 is 11.6 Å². The van der Waals surface area contributed by atoms with Crippen molar-refractivity contribution in [3.8, 4) is 0 Å². The van der Waals surface area contributed by atoms with Gasteiger partial charge >= 0.3 is 0 Å². The Balaban J connectivity index is 2.02. The summed E-state index contributed by atoms with van der Waals surface area (Å²) < 4.78 is 0. The summed E-state index contributed by atoms with van der Waals surface area (Å²) in [6.45, 7) is 2.79. The molecule has 0 spiro atoms. The van der Waals surface area contributed by atoms with Crippen LogP contribution in [0.3, 0.4) is 0 Å². The number of carbonyl (C=O) groups excluding carboxylic acids is 1. The summed E-state index contributed by atoms with van der Waals surface area (Å²) in [6.07, 6.45) is 3.09. The van der Waals surface area contributed by atoms with Crippen LogP contribution in [0.2, 0.25) is 5.02 Å². The molecule has 4 N–H and O–H groups in total. The third kappa shape index (κ3) is 3.87. The molecule has 6 heteroatoms. The van der Waals surface area contributed by atoms with E-state index in [1.165, 1.54) is 0 Å². The molecular weight excluding hydrogens is 290 g/mol. The number of aliphatic hydroxyl groups excluding tert-OH is 1. The van der Waals surface area contributed by atoms with Crippen molar-refractivity contribution in [2.45, 2.75) is 38.3 Å². The molecule has 5 nitrogen and oxygen atoms in total. The van der Waals surface area contributed by atoms with Crippen molar-refractivity contribution >= 4 is 28.9 Å². The van der Waals surface area contributed by atoms with Crippen molar-refractivity contribution in [1.29, 1.82) is 0 Å². The number of nitrogens with one attached hydrogen (secondary N) is 1. The van der Waals surface area contributed by atoms with Gasteiger partial charge in [0, 0.05) is 11.7 Å². The van der Waals surface area contributed by atoms with Gasteiger partial charge in [0.2, 0.25) is 5.91 Å². The molecular formula is C15H22ClN3O2. The summed E-state index contributed by atoms with van der Waals surface area (Å²) in [5.74, 6) is -0.0999. The number of aliphatic hydroxyl groups is 1. The number of amides is 1. The molecule has 0 aromatic heterocycles. The number of piperidine rings is 1. The normalized spacial score (nSPS) is 21.0. The Morgan fingerprint density at radius 3 is 3.00 bits per heavy atom. The summed E-state index contributed by atoms with van der Waals surface area (Å²) in [5.41, 5.74) is 6.80. The Hall–Kier alpha value is -1.30. The van der Waals surface area contributed by atoms with Gasteiger partial charge in [0.1, 0.15) is 0 Å². The SMILES string of the molecule is CC(C(=O)Nc1ccc(Cl)c(N)c1)N1CCCCC1CO. The Morgan fingerprint density at radius 1 is 1.57 bits per heavy atom. The molecule has 0 saturated carbocycles. The third-order valence-corrected chi connectivity index (χ3v) is 4.37. The number of nitrogens with zero attached hydrogens (tertiary/aromatic N) is 1. The fourth-order valence-electron chi connectivity index (χ4n) is 2.75. The zero-order valence-corrected chi connectivity index (χ0v) is 12.9. The van der Waals surface area contributed by atoms with Crippen LogP contribution in [0.25, 0.3) is 0 Å². The van der Waals surface area contributed by atoms with Crippen LogP contribution in [0.15, 0.2) is 18.2 Å². The highest BCUT2D eigenvalue weighted by Gasteiger charge is 2.29. The highest BCUT2D eigenvalue weighted by molar-refractivity contribution is 6.33. The average molecular weight is 312 g/mol. The second-order valence-corrected chi connectivity index (χ2v) is 5.88. The number of carbonyl (C=O) groups is 1. The van der Waals surface area contributed by atoms with Gasteiger partial charge in [0.15, 0.2) is 0 Å². The number of rotatable bonds is 4. The van der Waals surface area contributed by atoms with Crippen molar-refractivity contribution in [3.63, 3.8) is 0 Å². The third-order valence-electron chi connectivity index (χ3n) is 4.02. The van der Waals surface area contributed by atoms with E-state index in [-0.39, 0.29) is 24.6 Å². The topological polar surface area (TPSA) is 78.6 Å². The standard InChI is InChI=1S/C15H22ClN3O2/c1-10(19-7-3-2-4-12(19)9-20)15(21)18-11-5-6-13(16)14(17)8-11/h5-6,8,10,12,20H,2-4,7,9,17H2,1H3,(H,18,21). The van der Waals surface area contributed by atoms with Crippen molar-refractivity contribution in [3.05, 3.63) is 23.2 Å². The number of anilines is 2. The lowest BCUT2D eigenvalue weighted by molar-refractivity contribution is -0.122. The van der Waals surface area contributed by atoms with Crippen molar-refractivity contribution in [2.24, 2.45) is 0 Å². The van der Waals surface area contributed by atoms with Gasteiger partial charge < -0.3 is 16.2 Å². The first-order chi connectivity index (χ1) is 10.0. The van der Waals surface area contributed by atoms with E-state index in [0.717, 1.165) is 25.8 Å². The first-order valence-corrected chi connectivity index (χ1v) is 7.63. The van der Waals surface area contributed by atoms with Crippen molar-refractivity contribution in [2.75, 3.05) is 24.2 Å². The maximum absolute atomic E-state index is 12.4. The lowest BCUT2D eigenvalue weighted by Gasteiger charge is -2.38. The van der Waals surface area contributed by atoms with Gasteiger partial charge in [-0.15, -0.1) is 0 Å². The van der Waals surface area contributed by atoms with E-state index in [2.05, 4.69) is 10.2 Å². The molecule has 1 aliphatic heterocycles. The van der Waals surface area contributed by atoms with Gasteiger partial charge in [-0.3, -0.25) is 9.69 Å². The summed E-state index contributed by atoms with van der Waals surface area (Å²) >= 11 is 5.87. The molecule has 0 bridgehead atoms. The molecule has 1 amide bonds. The van der Waals surface area contributed by atoms with Crippen molar-refractivity contribution in [1.82, 2.24) is 4.90 Å². The molecule has 21 heavy (non-hydrogen) atoms. The summed E-state index contributed by atoms with van der Waals surface area (Å²) in [4.78, 5) is 14.4. The van der Waals surface area contributed by atoms with Gasteiger partial charge in [-0.05, 0) is 44.5 Å².